The van der Waals surface area contributed by atoms with Crippen LogP contribution < -0.4 is 4.74 Å². The van der Waals surface area contributed by atoms with Gasteiger partial charge in [-0.1, -0.05) is 18.2 Å². The van der Waals surface area contributed by atoms with Crippen LogP contribution in [0.5, 0.6) is 5.75 Å². The quantitative estimate of drug-likeness (QED) is 0.864. The van der Waals surface area contributed by atoms with E-state index < -0.39 is 5.97 Å². The molecular formula is C17H15FO3. The Labute approximate surface area is 122 Å². The average molecular weight is 286 g/mol. The van der Waals surface area contributed by atoms with Crippen molar-refractivity contribution in [2.45, 2.75) is 6.92 Å². The van der Waals surface area contributed by atoms with Crippen molar-refractivity contribution < 1.29 is 19.0 Å². The van der Waals surface area contributed by atoms with Crippen LogP contribution in [-0.2, 0) is 4.79 Å². The number of carbonyl (C=O) groups is 1. The van der Waals surface area contributed by atoms with E-state index in [4.69, 9.17) is 9.84 Å². The molecule has 0 saturated heterocycles. The summed E-state index contributed by atoms with van der Waals surface area (Å²) in [6.45, 7) is 1.73. The Morgan fingerprint density at radius 1 is 1.19 bits per heavy atom. The zero-order valence-electron chi connectivity index (χ0n) is 11.8. The molecule has 0 fully saturated rings. The molecule has 4 heteroatoms. The van der Waals surface area contributed by atoms with Crippen LogP contribution in [0.1, 0.15) is 12.5 Å². The fourth-order valence-electron chi connectivity index (χ4n) is 2.08. The van der Waals surface area contributed by atoms with E-state index in [2.05, 4.69) is 0 Å². The smallest absolute Gasteiger partial charge is 0.328 e. The molecule has 108 valence electrons. The SMILES string of the molecule is COc1ccc(/C(C)=C/C(=O)O)cc1-c1ccc(F)cc1. The highest BCUT2D eigenvalue weighted by atomic mass is 19.1. The lowest BCUT2D eigenvalue weighted by Crippen LogP contribution is -1.93. The summed E-state index contributed by atoms with van der Waals surface area (Å²) in [4.78, 5) is 10.8. The molecule has 0 aliphatic carbocycles. The first kappa shape index (κ1) is 14.8. The van der Waals surface area contributed by atoms with E-state index in [1.165, 1.54) is 12.1 Å². The molecule has 1 N–H and O–H groups in total. The van der Waals surface area contributed by atoms with Gasteiger partial charge in [-0.2, -0.15) is 0 Å². The van der Waals surface area contributed by atoms with Gasteiger partial charge in [-0.25, -0.2) is 9.18 Å². The van der Waals surface area contributed by atoms with Gasteiger partial charge >= 0.3 is 5.97 Å². The third-order valence-electron chi connectivity index (χ3n) is 3.15. The monoisotopic (exact) mass is 286 g/mol. The molecule has 0 unspecified atom stereocenters. The van der Waals surface area contributed by atoms with Gasteiger partial charge in [0.25, 0.3) is 0 Å². The van der Waals surface area contributed by atoms with Crippen LogP contribution >= 0.6 is 0 Å². The first-order chi connectivity index (χ1) is 10.0. The number of carboxylic acid groups (broad SMARTS) is 1. The molecule has 0 aliphatic rings. The van der Waals surface area contributed by atoms with Crippen LogP contribution in [0.2, 0.25) is 0 Å². The zero-order chi connectivity index (χ0) is 15.4. The molecular weight excluding hydrogens is 271 g/mol. The van der Waals surface area contributed by atoms with Gasteiger partial charge in [-0.05, 0) is 47.9 Å². The molecule has 0 aromatic heterocycles. The predicted octanol–water partition coefficient (Wildman–Crippen LogP) is 3.99. The summed E-state index contributed by atoms with van der Waals surface area (Å²) in [7, 11) is 1.56. The summed E-state index contributed by atoms with van der Waals surface area (Å²) in [5.74, 6) is -0.657. The van der Waals surface area contributed by atoms with Gasteiger partial charge in [0.05, 0.1) is 7.11 Å². The number of carboxylic acids is 1. The van der Waals surface area contributed by atoms with Gasteiger partial charge in [-0.15, -0.1) is 0 Å². The highest BCUT2D eigenvalue weighted by Gasteiger charge is 2.09. The number of ether oxygens (including phenoxy) is 1. The first-order valence-electron chi connectivity index (χ1n) is 6.37. The van der Waals surface area contributed by atoms with Crippen molar-refractivity contribution in [3.05, 3.63) is 59.9 Å². The molecule has 0 atom stereocenters. The number of rotatable bonds is 4. The Morgan fingerprint density at radius 3 is 2.43 bits per heavy atom. The fourth-order valence-corrected chi connectivity index (χ4v) is 2.08. The minimum atomic E-state index is -0.994. The molecule has 0 bridgehead atoms. The number of halogens is 1. The summed E-state index contributed by atoms with van der Waals surface area (Å²) in [6.07, 6.45) is 1.15. The maximum atomic E-state index is 13.0. The van der Waals surface area contributed by atoms with Crippen LogP contribution in [0.4, 0.5) is 4.39 Å². The van der Waals surface area contributed by atoms with Crippen molar-refractivity contribution in [3.8, 4) is 16.9 Å². The van der Waals surface area contributed by atoms with Crippen LogP contribution in [0.3, 0.4) is 0 Å². The molecule has 2 rings (SSSR count). The molecule has 21 heavy (non-hydrogen) atoms. The second-order valence-corrected chi connectivity index (χ2v) is 4.59. The van der Waals surface area contributed by atoms with E-state index >= 15 is 0 Å². The number of allylic oxidation sites excluding steroid dienone is 1. The third-order valence-corrected chi connectivity index (χ3v) is 3.15. The van der Waals surface area contributed by atoms with E-state index in [0.29, 0.717) is 11.3 Å². The van der Waals surface area contributed by atoms with Gasteiger partial charge < -0.3 is 9.84 Å². The van der Waals surface area contributed by atoms with Crippen molar-refractivity contribution >= 4 is 11.5 Å². The number of benzene rings is 2. The van der Waals surface area contributed by atoms with Crippen LogP contribution in [0, 0.1) is 5.82 Å². The topological polar surface area (TPSA) is 46.5 Å². The summed E-state index contributed by atoms with van der Waals surface area (Å²) >= 11 is 0. The lowest BCUT2D eigenvalue weighted by atomic mass is 9.98. The lowest BCUT2D eigenvalue weighted by Gasteiger charge is -2.11. The predicted molar refractivity (Wildman–Crippen MR) is 79.7 cm³/mol. The summed E-state index contributed by atoms with van der Waals surface area (Å²) in [6, 6.07) is 11.5. The van der Waals surface area contributed by atoms with E-state index in [1.54, 1.807) is 38.3 Å². The molecule has 2 aromatic carbocycles. The second kappa shape index (κ2) is 6.22. The minimum Gasteiger partial charge on any atom is -0.496 e. The van der Waals surface area contributed by atoms with Crippen molar-refractivity contribution in [3.63, 3.8) is 0 Å². The molecule has 0 spiro atoms. The van der Waals surface area contributed by atoms with Gasteiger partial charge in [-0.3, -0.25) is 0 Å². The molecule has 3 nitrogen and oxygen atoms in total. The van der Waals surface area contributed by atoms with E-state index in [0.717, 1.165) is 22.8 Å². The number of methoxy groups -OCH3 is 1. The van der Waals surface area contributed by atoms with Crippen LogP contribution in [0.25, 0.3) is 16.7 Å². The third kappa shape index (κ3) is 3.48. The van der Waals surface area contributed by atoms with E-state index in [9.17, 15) is 9.18 Å². The molecule has 0 saturated carbocycles. The second-order valence-electron chi connectivity index (χ2n) is 4.59. The molecule has 0 amide bonds. The van der Waals surface area contributed by atoms with E-state index in [-0.39, 0.29) is 5.82 Å². The standard InChI is InChI=1S/C17H15FO3/c1-11(9-17(19)20)13-5-8-16(21-2)15(10-13)12-3-6-14(18)7-4-12/h3-10H,1-2H3,(H,19,20)/b11-9+. The molecule has 2 aromatic rings. The maximum absolute atomic E-state index is 13.0. The Bertz CT molecular complexity index is 688. The average Bonchev–Trinajstić information content (AvgIpc) is 2.46. The number of hydrogen-bond acceptors (Lipinski definition) is 2. The Kier molecular flexibility index (Phi) is 4.38. The largest absolute Gasteiger partial charge is 0.496 e. The van der Waals surface area contributed by atoms with Crippen LogP contribution in [0.15, 0.2) is 48.5 Å². The van der Waals surface area contributed by atoms with Crippen molar-refractivity contribution in [2.24, 2.45) is 0 Å². The summed E-state index contributed by atoms with van der Waals surface area (Å²) < 4.78 is 18.3. The van der Waals surface area contributed by atoms with Gasteiger partial charge in [0.15, 0.2) is 0 Å². The number of hydrogen-bond donors (Lipinski definition) is 1. The lowest BCUT2D eigenvalue weighted by molar-refractivity contribution is -0.131. The van der Waals surface area contributed by atoms with Gasteiger partial charge in [0.1, 0.15) is 11.6 Å². The molecule has 0 radical (unpaired) electrons. The highest BCUT2D eigenvalue weighted by Crippen LogP contribution is 2.32. The Balaban J connectivity index is 2.53. The normalized spacial score (nSPS) is 11.3. The van der Waals surface area contributed by atoms with E-state index in [1.807, 2.05) is 6.07 Å². The number of aliphatic carboxylic acids is 1. The van der Waals surface area contributed by atoms with Gasteiger partial charge in [0, 0.05) is 11.6 Å². The zero-order valence-corrected chi connectivity index (χ0v) is 11.8. The minimum absolute atomic E-state index is 0.309. The van der Waals surface area contributed by atoms with Crippen molar-refractivity contribution in [1.82, 2.24) is 0 Å². The fraction of sp³-hybridized carbons (Fsp3) is 0.118. The molecule has 0 heterocycles. The summed E-state index contributed by atoms with van der Waals surface area (Å²) in [5.41, 5.74) is 3.00. The first-order valence-corrected chi connectivity index (χ1v) is 6.37. The Morgan fingerprint density at radius 2 is 1.86 bits per heavy atom. The maximum Gasteiger partial charge on any atom is 0.328 e. The molecule has 0 aliphatic heterocycles. The van der Waals surface area contributed by atoms with Crippen LogP contribution in [-0.4, -0.2) is 18.2 Å². The highest BCUT2D eigenvalue weighted by molar-refractivity contribution is 5.90. The summed E-state index contributed by atoms with van der Waals surface area (Å²) in [5, 5.41) is 8.82. The van der Waals surface area contributed by atoms with Crippen molar-refractivity contribution in [1.29, 1.82) is 0 Å². The van der Waals surface area contributed by atoms with Gasteiger partial charge in [0.2, 0.25) is 0 Å². The Hall–Kier alpha value is -2.62. The van der Waals surface area contributed by atoms with Crippen molar-refractivity contribution in [2.75, 3.05) is 7.11 Å².